The van der Waals surface area contributed by atoms with E-state index in [1.165, 1.54) is 29.6 Å². The van der Waals surface area contributed by atoms with E-state index in [1.807, 2.05) is 0 Å². The van der Waals surface area contributed by atoms with Gasteiger partial charge < -0.3 is 10.1 Å². The van der Waals surface area contributed by atoms with Gasteiger partial charge >= 0.3 is 5.97 Å². The summed E-state index contributed by atoms with van der Waals surface area (Å²) >= 11 is 6.03. The van der Waals surface area contributed by atoms with Crippen molar-refractivity contribution in [1.82, 2.24) is 9.62 Å². The van der Waals surface area contributed by atoms with Crippen LogP contribution in [0.2, 0.25) is 5.02 Å². The van der Waals surface area contributed by atoms with Gasteiger partial charge in [-0.1, -0.05) is 25.4 Å². The Balaban J connectivity index is 2.91. The van der Waals surface area contributed by atoms with E-state index in [1.54, 1.807) is 13.8 Å². The third-order valence-electron chi connectivity index (χ3n) is 3.60. The highest BCUT2D eigenvalue weighted by Gasteiger charge is 2.23. The number of benzene rings is 1. The van der Waals surface area contributed by atoms with E-state index in [2.05, 4.69) is 10.1 Å². The Morgan fingerprint density at radius 3 is 2.44 bits per heavy atom. The van der Waals surface area contributed by atoms with Gasteiger partial charge in [0, 0.05) is 26.1 Å². The number of methoxy groups -OCH3 is 1. The third-order valence-corrected chi connectivity index (χ3v) is 5.97. The van der Waals surface area contributed by atoms with Gasteiger partial charge in [0.15, 0.2) is 0 Å². The SMILES string of the molecule is CCN(CC)S(=O)(=O)c1ccc(Cl)c(C(=O)NCCCC(=O)OC)c1. The molecule has 0 radical (unpaired) electrons. The van der Waals surface area contributed by atoms with Gasteiger partial charge in [0.25, 0.3) is 5.91 Å². The summed E-state index contributed by atoms with van der Waals surface area (Å²) in [5, 5.41) is 2.77. The summed E-state index contributed by atoms with van der Waals surface area (Å²) < 4.78 is 30.9. The fraction of sp³-hybridized carbons (Fsp3) is 0.500. The molecule has 1 aromatic carbocycles. The first kappa shape index (κ1) is 21.4. The van der Waals surface area contributed by atoms with Crippen LogP contribution in [0.3, 0.4) is 0 Å². The lowest BCUT2D eigenvalue weighted by atomic mass is 10.2. The summed E-state index contributed by atoms with van der Waals surface area (Å²) in [4.78, 5) is 23.3. The molecule has 1 amide bonds. The zero-order valence-corrected chi connectivity index (χ0v) is 16.1. The number of amides is 1. The van der Waals surface area contributed by atoms with Gasteiger partial charge in [0.2, 0.25) is 10.0 Å². The third kappa shape index (κ3) is 5.69. The number of sulfonamides is 1. The van der Waals surface area contributed by atoms with E-state index < -0.39 is 15.9 Å². The largest absolute Gasteiger partial charge is 0.469 e. The first-order valence-electron chi connectivity index (χ1n) is 7.92. The molecule has 25 heavy (non-hydrogen) atoms. The van der Waals surface area contributed by atoms with E-state index in [9.17, 15) is 18.0 Å². The molecule has 0 unspecified atom stereocenters. The molecule has 0 bridgehead atoms. The van der Waals surface area contributed by atoms with Crippen molar-refractivity contribution in [3.05, 3.63) is 28.8 Å². The van der Waals surface area contributed by atoms with Crippen molar-refractivity contribution in [2.75, 3.05) is 26.7 Å². The minimum absolute atomic E-state index is 0.0142. The summed E-state index contributed by atoms with van der Waals surface area (Å²) in [6, 6.07) is 4.04. The Morgan fingerprint density at radius 2 is 1.88 bits per heavy atom. The highest BCUT2D eigenvalue weighted by atomic mass is 35.5. The number of ether oxygens (including phenoxy) is 1. The number of carbonyl (C=O) groups is 2. The average Bonchev–Trinajstić information content (AvgIpc) is 2.59. The van der Waals surface area contributed by atoms with Crippen LogP contribution in [-0.2, 0) is 19.6 Å². The summed E-state index contributed by atoms with van der Waals surface area (Å²) in [7, 11) is -2.39. The molecule has 7 nitrogen and oxygen atoms in total. The standard InChI is InChI=1S/C16H23ClN2O5S/c1-4-19(5-2)25(22,23)12-8-9-14(17)13(11-12)16(21)18-10-6-7-15(20)24-3/h8-9,11H,4-7,10H2,1-3H3,(H,18,21). The molecule has 0 heterocycles. The minimum Gasteiger partial charge on any atom is -0.469 e. The van der Waals surface area contributed by atoms with Gasteiger partial charge in [-0.25, -0.2) is 8.42 Å². The fourth-order valence-electron chi connectivity index (χ4n) is 2.18. The molecular formula is C16H23ClN2O5S. The zero-order chi connectivity index (χ0) is 19.0. The topological polar surface area (TPSA) is 92.8 Å². The van der Waals surface area contributed by atoms with Gasteiger partial charge in [-0.15, -0.1) is 0 Å². The molecule has 0 fully saturated rings. The van der Waals surface area contributed by atoms with Crippen molar-refractivity contribution in [3.63, 3.8) is 0 Å². The Hall–Kier alpha value is -1.64. The molecule has 0 aliphatic carbocycles. The second-order valence-corrected chi connectivity index (χ2v) is 7.51. The van der Waals surface area contributed by atoms with Crippen molar-refractivity contribution in [3.8, 4) is 0 Å². The maximum atomic E-state index is 12.5. The van der Waals surface area contributed by atoms with Crippen LogP contribution in [0.5, 0.6) is 0 Å². The normalized spacial score (nSPS) is 11.4. The molecule has 0 aliphatic heterocycles. The number of carbonyl (C=O) groups excluding carboxylic acids is 2. The quantitative estimate of drug-likeness (QED) is 0.514. The highest BCUT2D eigenvalue weighted by Crippen LogP contribution is 2.23. The number of nitrogens with zero attached hydrogens (tertiary/aromatic N) is 1. The van der Waals surface area contributed by atoms with Crippen LogP contribution in [-0.4, -0.2) is 51.3 Å². The maximum absolute atomic E-state index is 12.5. The van der Waals surface area contributed by atoms with Crippen LogP contribution >= 0.6 is 11.6 Å². The summed E-state index contributed by atoms with van der Waals surface area (Å²) in [5.74, 6) is -0.856. The monoisotopic (exact) mass is 390 g/mol. The van der Waals surface area contributed by atoms with Crippen LogP contribution < -0.4 is 5.32 Å². The number of halogens is 1. The molecular weight excluding hydrogens is 368 g/mol. The van der Waals surface area contributed by atoms with Crippen molar-refractivity contribution in [2.45, 2.75) is 31.6 Å². The molecule has 1 N–H and O–H groups in total. The molecule has 0 spiro atoms. The Morgan fingerprint density at radius 1 is 1.24 bits per heavy atom. The van der Waals surface area contributed by atoms with Gasteiger partial charge in [0.05, 0.1) is 22.6 Å². The fourth-order valence-corrected chi connectivity index (χ4v) is 3.87. The number of esters is 1. The lowest BCUT2D eigenvalue weighted by Gasteiger charge is -2.19. The Kier molecular flexibility index (Phi) is 8.34. The molecule has 1 aromatic rings. The molecule has 1 rings (SSSR count). The second kappa shape index (κ2) is 9.74. The number of nitrogens with one attached hydrogen (secondary N) is 1. The van der Waals surface area contributed by atoms with Gasteiger partial charge in [-0.3, -0.25) is 9.59 Å². The predicted molar refractivity (Wildman–Crippen MR) is 95.1 cm³/mol. The maximum Gasteiger partial charge on any atom is 0.305 e. The first-order chi connectivity index (χ1) is 11.8. The minimum atomic E-state index is -3.68. The van der Waals surface area contributed by atoms with Gasteiger partial charge in [0.1, 0.15) is 0 Å². The van der Waals surface area contributed by atoms with E-state index in [4.69, 9.17) is 11.6 Å². The molecule has 0 aromatic heterocycles. The van der Waals surface area contributed by atoms with Crippen molar-refractivity contribution >= 4 is 33.5 Å². The van der Waals surface area contributed by atoms with Crippen molar-refractivity contribution in [1.29, 1.82) is 0 Å². The molecule has 0 aliphatic rings. The predicted octanol–water partition coefficient (Wildman–Crippen LogP) is 2.05. The molecule has 0 atom stereocenters. The highest BCUT2D eigenvalue weighted by molar-refractivity contribution is 7.89. The first-order valence-corrected chi connectivity index (χ1v) is 9.74. The van der Waals surface area contributed by atoms with Crippen LogP contribution in [0.1, 0.15) is 37.0 Å². The van der Waals surface area contributed by atoms with Gasteiger partial charge in [-0.2, -0.15) is 4.31 Å². The Bertz CT molecular complexity index is 717. The molecule has 9 heteroatoms. The summed E-state index contributed by atoms with van der Waals surface area (Å²) in [6.45, 7) is 4.39. The number of rotatable bonds is 9. The summed E-state index contributed by atoms with van der Waals surface area (Å²) in [5.41, 5.74) is 0.0768. The molecule has 140 valence electrons. The summed E-state index contributed by atoms with van der Waals surface area (Å²) in [6.07, 6.45) is 0.592. The van der Waals surface area contributed by atoms with E-state index in [0.717, 1.165) is 0 Å². The number of hydrogen-bond acceptors (Lipinski definition) is 5. The smallest absolute Gasteiger partial charge is 0.305 e. The van der Waals surface area contributed by atoms with Crippen LogP contribution in [0.4, 0.5) is 0 Å². The van der Waals surface area contributed by atoms with Crippen LogP contribution in [0.25, 0.3) is 0 Å². The lowest BCUT2D eigenvalue weighted by Crippen LogP contribution is -2.31. The molecule has 0 saturated heterocycles. The van der Waals surface area contributed by atoms with Crippen LogP contribution in [0, 0.1) is 0 Å². The second-order valence-electron chi connectivity index (χ2n) is 5.17. The average molecular weight is 391 g/mol. The van der Waals surface area contributed by atoms with Crippen molar-refractivity contribution in [2.24, 2.45) is 0 Å². The van der Waals surface area contributed by atoms with Crippen LogP contribution in [0.15, 0.2) is 23.1 Å². The van der Waals surface area contributed by atoms with E-state index in [0.29, 0.717) is 19.5 Å². The Labute approximate surface area is 153 Å². The van der Waals surface area contributed by atoms with Gasteiger partial charge in [-0.05, 0) is 24.6 Å². The number of hydrogen-bond donors (Lipinski definition) is 1. The zero-order valence-electron chi connectivity index (χ0n) is 14.5. The van der Waals surface area contributed by atoms with E-state index in [-0.39, 0.29) is 34.4 Å². The van der Waals surface area contributed by atoms with E-state index >= 15 is 0 Å². The van der Waals surface area contributed by atoms with Crippen molar-refractivity contribution < 1.29 is 22.7 Å². The lowest BCUT2D eigenvalue weighted by molar-refractivity contribution is -0.140. The molecule has 0 saturated carbocycles.